The lowest BCUT2D eigenvalue weighted by atomic mass is 10.1. The zero-order valence-electron chi connectivity index (χ0n) is 15.5. The standard InChI is InChI=1S/C20H21FN2O5S/c21-15-8-4-9-16(13-15)29(27,28)23-11-5-10-18(23)19(24)22-17(20(25)26)12-14-6-2-1-3-7-14/h1-4,6-9,13,17-18H,5,10-12H2,(H,22,24)(H,25,26). The second-order valence-corrected chi connectivity index (χ2v) is 8.71. The van der Waals surface area contributed by atoms with E-state index < -0.39 is 39.8 Å². The molecule has 154 valence electrons. The van der Waals surface area contributed by atoms with E-state index in [-0.39, 0.29) is 24.3 Å². The minimum absolute atomic E-state index is 0.0747. The molecule has 3 rings (SSSR count). The molecule has 2 aromatic carbocycles. The van der Waals surface area contributed by atoms with E-state index in [2.05, 4.69) is 5.32 Å². The third-order valence-corrected chi connectivity index (χ3v) is 6.71. The third kappa shape index (κ3) is 4.80. The van der Waals surface area contributed by atoms with Crippen LogP contribution in [0.5, 0.6) is 0 Å². The lowest BCUT2D eigenvalue weighted by Gasteiger charge is -2.25. The maximum absolute atomic E-state index is 13.5. The van der Waals surface area contributed by atoms with E-state index in [0.717, 1.165) is 22.0 Å². The molecule has 0 radical (unpaired) electrons. The maximum Gasteiger partial charge on any atom is 0.326 e. The van der Waals surface area contributed by atoms with Gasteiger partial charge in [0.15, 0.2) is 0 Å². The molecule has 7 nitrogen and oxygen atoms in total. The van der Waals surface area contributed by atoms with Gasteiger partial charge in [0.2, 0.25) is 15.9 Å². The molecule has 0 saturated carbocycles. The van der Waals surface area contributed by atoms with Crippen LogP contribution in [-0.4, -0.2) is 48.3 Å². The van der Waals surface area contributed by atoms with Crippen molar-refractivity contribution < 1.29 is 27.5 Å². The number of nitrogens with one attached hydrogen (secondary N) is 1. The molecule has 2 atom stereocenters. The number of carbonyl (C=O) groups excluding carboxylic acids is 1. The summed E-state index contributed by atoms with van der Waals surface area (Å²) in [4.78, 5) is 24.1. The first-order valence-electron chi connectivity index (χ1n) is 9.13. The average molecular weight is 420 g/mol. The Morgan fingerprint density at radius 2 is 1.90 bits per heavy atom. The summed E-state index contributed by atoms with van der Waals surface area (Å²) in [6.07, 6.45) is 0.784. The van der Waals surface area contributed by atoms with Gasteiger partial charge in [-0.15, -0.1) is 0 Å². The fourth-order valence-electron chi connectivity index (χ4n) is 3.37. The van der Waals surface area contributed by atoms with Crippen LogP contribution in [0.2, 0.25) is 0 Å². The Kier molecular flexibility index (Phi) is 6.29. The van der Waals surface area contributed by atoms with E-state index in [0.29, 0.717) is 6.42 Å². The van der Waals surface area contributed by atoms with E-state index in [9.17, 15) is 27.5 Å². The van der Waals surface area contributed by atoms with Gasteiger partial charge in [-0.3, -0.25) is 4.79 Å². The fourth-order valence-corrected chi connectivity index (χ4v) is 5.06. The van der Waals surface area contributed by atoms with Gasteiger partial charge in [0.25, 0.3) is 0 Å². The summed E-state index contributed by atoms with van der Waals surface area (Å²) < 4.78 is 40.2. The number of aliphatic carboxylic acids is 1. The van der Waals surface area contributed by atoms with E-state index in [1.807, 2.05) is 0 Å². The molecule has 1 heterocycles. The van der Waals surface area contributed by atoms with Gasteiger partial charge in [-0.1, -0.05) is 36.4 Å². The molecule has 0 bridgehead atoms. The predicted molar refractivity (Wildman–Crippen MR) is 103 cm³/mol. The molecule has 0 spiro atoms. The van der Waals surface area contributed by atoms with Gasteiger partial charge in [-0.25, -0.2) is 17.6 Å². The summed E-state index contributed by atoms with van der Waals surface area (Å²) in [7, 11) is -4.09. The molecule has 9 heteroatoms. The maximum atomic E-state index is 13.5. The number of nitrogens with zero attached hydrogens (tertiary/aromatic N) is 1. The summed E-state index contributed by atoms with van der Waals surface area (Å²) in [5, 5.41) is 11.9. The highest BCUT2D eigenvalue weighted by Gasteiger charge is 2.40. The molecule has 2 unspecified atom stereocenters. The molecule has 29 heavy (non-hydrogen) atoms. The Balaban J connectivity index is 1.77. The van der Waals surface area contributed by atoms with Gasteiger partial charge >= 0.3 is 5.97 Å². The first-order chi connectivity index (χ1) is 13.8. The van der Waals surface area contributed by atoms with Crippen LogP contribution < -0.4 is 5.32 Å². The molecule has 1 aliphatic heterocycles. The lowest BCUT2D eigenvalue weighted by molar-refractivity contribution is -0.142. The number of carboxylic acids is 1. The predicted octanol–water partition coefficient (Wildman–Crippen LogP) is 1.79. The number of carboxylic acid groups (broad SMARTS) is 1. The normalized spacial score (nSPS) is 18.3. The Hall–Kier alpha value is -2.78. The lowest BCUT2D eigenvalue weighted by Crippen LogP contribution is -2.51. The van der Waals surface area contributed by atoms with E-state index >= 15 is 0 Å². The number of benzene rings is 2. The van der Waals surface area contributed by atoms with Crippen molar-refractivity contribution in [1.29, 1.82) is 0 Å². The zero-order valence-corrected chi connectivity index (χ0v) is 16.3. The van der Waals surface area contributed by atoms with Crippen molar-refractivity contribution in [3.8, 4) is 0 Å². The highest BCUT2D eigenvalue weighted by molar-refractivity contribution is 7.89. The molecule has 0 aliphatic carbocycles. The van der Waals surface area contributed by atoms with Crippen LogP contribution in [0.1, 0.15) is 18.4 Å². The Bertz CT molecular complexity index is 997. The monoisotopic (exact) mass is 420 g/mol. The summed E-state index contributed by atoms with van der Waals surface area (Å²) in [5.41, 5.74) is 0.732. The number of halogens is 1. The summed E-state index contributed by atoms with van der Waals surface area (Å²) in [6.45, 7) is 0.105. The van der Waals surface area contributed by atoms with Gasteiger partial charge in [-0.05, 0) is 36.6 Å². The third-order valence-electron chi connectivity index (χ3n) is 4.81. The first kappa shape index (κ1) is 20.9. The largest absolute Gasteiger partial charge is 0.480 e. The molecule has 1 aliphatic rings. The van der Waals surface area contributed by atoms with Crippen molar-refractivity contribution in [2.75, 3.05) is 6.54 Å². The van der Waals surface area contributed by atoms with Crippen molar-refractivity contribution in [2.24, 2.45) is 0 Å². The van der Waals surface area contributed by atoms with Crippen molar-refractivity contribution in [1.82, 2.24) is 9.62 Å². The van der Waals surface area contributed by atoms with Crippen LogP contribution in [0.25, 0.3) is 0 Å². The molecule has 1 fully saturated rings. The van der Waals surface area contributed by atoms with Gasteiger partial charge in [0.1, 0.15) is 17.9 Å². The van der Waals surface area contributed by atoms with Crippen LogP contribution >= 0.6 is 0 Å². The summed E-state index contributed by atoms with van der Waals surface area (Å²) in [6, 6.07) is 11.2. The smallest absolute Gasteiger partial charge is 0.326 e. The van der Waals surface area contributed by atoms with Gasteiger partial charge in [0.05, 0.1) is 4.90 Å². The Morgan fingerprint density at radius 1 is 1.17 bits per heavy atom. The Morgan fingerprint density at radius 3 is 2.55 bits per heavy atom. The molecular weight excluding hydrogens is 399 g/mol. The SMILES string of the molecule is O=C(O)C(Cc1ccccc1)NC(=O)C1CCCN1S(=O)(=O)c1cccc(F)c1. The summed E-state index contributed by atoms with van der Waals surface area (Å²) in [5.74, 6) is -2.58. The topological polar surface area (TPSA) is 104 Å². The van der Waals surface area contributed by atoms with E-state index in [1.165, 1.54) is 12.1 Å². The average Bonchev–Trinajstić information content (AvgIpc) is 3.19. The molecule has 1 saturated heterocycles. The van der Waals surface area contributed by atoms with Crippen LogP contribution in [0.3, 0.4) is 0 Å². The number of amides is 1. The molecular formula is C20H21FN2O5S. The molecule has 1 amide bonds. The number of hydrogen-bond donors (Lipinski definition) is 2. The fraction of sp³-hybridized carbons (Fsp3) is 0.300. The summed E-state index contributed by atoms with van der Waals surface area (Å²) >= 11 is 0. The van der Waals surface area contributed by atoms with E-state index in [1.54, 1.807) is 30.3 Å². The van der Waals surface area contributed by atoms with Crippen LogP contribution in [-0.2, 0) is 26.0 Å². The Labute approximate surface area is 168 Å². The van der Waals surface area contributed by atoms with Crippen molar-refractivity contribution in [2.45, 2.75) is 36.2 Å². The van der Waals surface area contributed by atoms with Crippen molar-refractivity contribution >= 4 is 21.9 Å². The quantitative estimate of drug-likeness (QED) is 0.711. The minimum atomic E-state index is -4.09. The number of sulfonamides is 1. The zero-order chi connectivity index (χ0) is 21.0. The highest BCUT2D eigenvalue weighted by Crippen LogP contribution is 2.26. The van der Waals surface area contributed by atoms with Crippen LogP contribution in [0.4, 0.5) is 4.39 Å². The van der Waals surface area contributed by atoms with Gasteiger partial charge in [0, 0.05) is 13.0 Å². The number of carbonyl (C=O) groups is 2. The highest BCUT2D eigenvalue weighted by atomic mass is 32.2. The van der Waals surface area contributed by atoms with Gasteiger partial charge < -0.3 is 10.4 Å². The molecule has 2 aromatic rings. The van der Waals surface area contributed by atoms with Gasteiger partial charge in [-0.2, -0.15) is 4.31 Å². The van der Waals surface area contributed by atoms with Crippen molar-refractivity contribution in [3.05, 3.63) is 66.0 Å². The van der Waals surface area contributed by atoms with E-state index in [4.69, 9.17) is 0 Å². The minimum Gasteiger partial charge on any atom is -0.480 e. The van der Waals surface area contributed by atoms with Crippen LogP contribution in [0.15, 0.2) is 59.5 Å². The molecule has 2 N–H and O–H groups in total. The second-order valence-electron chi connectivity index (χ2n) is 6.82. The number of hydrogen-bond acceptors (Lipinski definition) is 4. The molecule has 0 aromatic heterocycles. The number of rotatable bonds is 7. The van der Waals surface area contributed by atoms with Crippen LogP contribution in [0, 0.1) is 5.82 Å². The second kappa shape index (κ2) is 8.71. The van der Waals surface area contributed by atoms with Crippen molar-refractivity contribution in [3.63, 3.8) is 0 Å². The first-order valence-corrected chi connectivity index (χ1v) is 10.6.